The minimum atomic E-state index is -0.197. The third-order valence-electron chi connectivity index (χ3n) is 2.63. The predicted octanol–water partition coefficient (Wildman–Crippen LogP) is 2.88. The Morgan fingerprint density at radius 1 is 1.44 bits per heavy atom. The molecule has 16 heavy (non-hydrogen) atoms. The van der Waals surface area contributed by atoms with Crippen LogP contribution in [0.15, 0.2) is 18.2 Å². The SMILES string of the molecule is COC(=O)Cc1cccc(C)c1CCCCl. The summed E-state index contributed by atoms with van der Waals surface area (Å²) in [7, 11) is 1.41. The van der Waals surface area contributed by atoms with Crippen LogP contribution in [0.4, 0.5) is 0 Å². The first-order chi connectivity index (χ1) is 7.69. The average Bonchev–Trinajstić information content (AvgIpc) is 2.28. The quantitative estimate of drug-likeness (QED) is 0.584. The molecule has 0 bridgehead atoms. The standard InChI is InChI=1S/C13H17ClO2/c1-10-5-3-6-11(9-13(15)16-2)12(10)7-4-8-14/h3,5-6H,4,7-9H2,1-2H3. The summed E-state index contributed by atoms with van der Waals surface area (Å²) in [4.78, 5) is 11.3. The second-order valence-corrected chi connectivity index (χ2v) is 4.14. The number of ether oxygens (including phenoxy) is 1. The van der Waals surface area contributed by atoms with E-state index in [-0.39, 0.29) is 5.97 Å². The van der Waals surface area contributed by atoms with Crippen LogP contribution in [0.25, 0.3) is 0 Å². The molecule has 0 amide bonds. The molecule has 0 aliphatic heterocycles. The third-order valence-corrected chi connectivity index (χ3v) is 2.90. The van der Waals surface area contributed by atoms with Crippen LogP contribution in [0.5, 0.6) is 0 Å². The van der Waals surface area contributed by atoms with E-state index < -0.39 is 0 Å². The number of halogens is 1. The molecule has 0 N–H and O–H groups in total. The zero-order valence-corrected chi connectivity index (χ0v) is 10.5. The summed E-state index contributed by atoms with van der Waals surface area (Å²) in [5.41, 5.74) is 3.50. The normalized spacial score (nSPS) is 10.2. The van der Waals surface area contributed by atoms with Crippen LogP contribution in [0, 0.1) is 6.92 Å². The van der Waals surface area contributed by atoms with E-state index in [1.165, 1.54) is 18.2 Å². The Balaban J connectivity index is 2.88. The van der Waals surface area contributed by atoms with Gasteiger partial charge in [0.1, 0.15) is 0 Å². The van der Waals surface area contributed by atoms with Gasteiger partial charge in [-0.2, -0.15) is 0 Å². The van der Waals surface area contributed by atoms with Gasteiger partial charge in [0.25, 0.3) is 0 Å². The Bertz CT molecular complexity index is 361. The minimum absolute atomic E-state index is 0.197. The molecule has 0 aliphatic rings. The molecule has 0 aromatic heterocycles. The lowest BCUT2D eigenvalue weighted by atomic mass is 9.96. The Kier molecular flexibility index (Phi) is 5.33. The van der Waals surface area contributed by atoms with Gasteiger partial charge in [-0.05, 0) is 36.5 Å². The second kappa shape index (κ2) is 6.54. The highest BCUT2D eigenvalue weighted by atomic mass is 35.5. The Morgan fingerprint density at radius 3 is 2.81 bits per heavy atom. The van der Waals surface area contributed by atoms with Gasteiger partial charge in [-0.3, -0.25) is 4.79 Å². The van der Waals surface area contributed by atoms with Crippen LogP contribution in [0.3, 0.4) is 0 Å². The van der Waals surface area contributed by atoms with Crippen molar-refractivity contribution in [2.75, 3.05) is 13.0 Å². The lowest BCUT2D eigenvalue weighted by Crippen LogP contribution is -2.08. The molecule has 0 saturated heterocycles. The molecular formula is C13H17ClO2. The maximum Gasteiger partial charge on any atom is 0.309 e. The van der Waals surface area contributed by atoms with Gasteiger partial charge < -0.3 is 4.74 Å². The number of alkyl halides is 1. The van der Waals surface area contributed by atoms with Crippen molar-refractivity contribution in [2.24, 2.45) is 0 Å². The highest BCUT2D eigenvalue weighted by Crippen LogP contribution is 2.17. The molecule has 3 heteroatoms. The molecule has 0 unspecified atom stereocenters. The number of benzene rings is 1. The van der Waals surface area contributed by atoms with E-state index in [9.17, 15) is 4.79 Å². The Labute approximate surface area is 102 Å². The largest absolute Gasteiger partial charge is 0.469 e. The number of esters is 1. The maximum atomic E-state index is 11.3. The van der Waals surface area contributed by atoms with Crippen LogP contribution in [-0.4, -0.2) is 19.0 Å². The number of hydrogen-bond donors (Lipinski definition) is 0. The van der Waals surface area contributed by atoms with Crippen molar-refractivity contribution in [3.05, 3.63) is 34.9 Å². The number of hydrogen-bond acceptors (Lipinski definition) is 2. The maximum absolute atomic E-state index is 11.3. The fourth-order valence-corrected chi connectivity index (χ4v) is 1.89. The molecule has 0 saturated carbocycles. The number of rotatable bonds is 5. The molecule has 1 rings (SSSR count). The van der Waals surface area contributed by atoms with Crippen LogP contribution in [0.2, 0.25) is 0 Å². The van der Waals surface area contributed by atoms with E-state index in [0.29, 0.717) is 12.3 Å². The van der Waals surface area contributed by atoms with Crippen LogP contribution in [0.1, 0.15) is 23.1 Å². The molecular weight excluding hydrogens is 224 g/mol. The van der Waals surface area contributed by atoms with E-state index in [4.69, 9.17) is 11.6 Å². The van der Waals surface area contributed by atoms with Gasteiger partial charge in [0.05, 0.1) is 13.5 Å². The van der Waals surface area contributed by atoms with Crippen LogP contribution in [-0.2, 0) is 22.4 Å². The topological polar surface area (TPSA) is 26.3 Å². The molecule has 88 valence electrons. The predicted molar refractivity (Wildman–Crippen MR) is 65.9 cm³/mol. The first-order valence-electron chi connectivity index (χ1n) is 5.39. The third kappa shape index (κ3) is 3.53. The van der Waals surface area contributed by atoms with Gasteiger partial charge in [0.2, 0.25) is 0 Å². The lowest BCUT2D eigenvalue weighted by Gasteiger charge is -2.11. The molecule has 0 heterocycles. The average molecular weight is 241 g/mol. The molecule has 0 spiro atoms. The zero-order valence-electron chi connectivity index (χ0n) is 9.75. The highest BCUT2D eigenvalue weighted by molar-refractivity contribution is 6.17. The molecule has 1 aromatic carbocycles. The number of aryl methyl sites for hydroxylation is 1. The van der Waals surface area contributed by atoms with Crippen molar-refractivity contribution in [1.29, 1.82) is 0 Å². The Morgan fingerprint density at radius 2 is 2.19 bits per heavy atom. The summed E-state index contributed by atoms with van der Waals surface area (Å²) in [6.45, 7) is 2.06. The zero-order chi connectivity index (χ0) is 12.0. The van der Waals surface area contributed by atoms with E-state index in [1.807, 2.05) is 12.1 Å². The van der Waals surface area contributed by atoms with Crippen molar-refractivity contribution < 1.29 is 9.53 Å². The second-order valence-electron chi connectivity index (χ2n) is 3.76. The van der Waals surface area contributed by atoms with Crippen molar-refractivity contribution in [3.63, 3.8) is 0 Å². The monoisotopic (exact) mass is 240 g/mol. The van der Waals surface area contributed by atoms with Crippen LogP contribution >= 0.6 is 11.6 Å². The molecule has 0 fully saturated rings. The summed E-state index contributed by atoms with van der Waals surface area (Å²) in [5.74, 6) is 0.448. The van der Waals surface area contributed by atoms with Gasteiger partial charge >= 0.3 is 5.97 Å². The first-order valence-corrected chi connectivity index (χ1v) is 5.92. The van der Waals surface area contributed by atoms with E-state index >= 15 is 0 Å². The van der Waals surface area contributed by atoms with Crippen molar-refractivity contribution in [3.8, 4) is 0 Å². The fraction of sp³-hybridized carbons (Fsp3) is 0.462. The first kappa shape index (κ1) is 13.0. The fourth-order valence-electron chi connectivity index (χ4n) is 1.76. The molecule has 0 atom stereocenters. The summed E-state index contributed by atoms with van der Waals surface area (Å²) < 4.78 is 4.69. The summed E-state index contributed by atoms with van der Waals surface area (Å²) >= 11 is 5.70. The number of methoxy groups -OCH3 is 1. The summed E-state index contributed by atoms with van der Waals surface area (Å²) in [5, 5.41) is 0. The van der Waals surface area contributed by atoms with E-state index in [1.54, 1.807) is 0 Å². The van der Waals surface area contributed by atoms with Crippen molar-refractivity contribution in [2.45, 2.75) is 26.2 Å². The summed E-state index contributed by atoms with van der Waals surface area (Å²) in [6.07, 6.45) is 2.19. The van der Waals surface area contributed by atoms with E-state index in [2.05, 4.69) is 17.7 Å². The highest BCUT2D eigenvalue weighted by Gasteiger charge is 2.09. The van der Waals surface area contributed by atoms with Gasteiger partial charge in [-0.15, -0.1) is 11.6 Å². The van der Waals surface area contributed by atoms with Crippen molar-refractivity contribution in [1.82, 2.24) is 0 Å². The minimum Gasteiger partial charge on any atom is -0.469 e. The smallest absolute Gasteiger partial charge is 0.309 e. The molecule has 2 nitrogen and oxygen atoms in total. The lowest BCUT2D eigenvalue weighted by molar-refractivity contribution is -0.139. The summed E-state index contributed by atoms with van der Waals surface area (Å²) in [6, 6.07) is 6.01. The Hall–Kier alpha value is -1.02. The van der Waals surface area contributed by atoms with Gasteiger partial charge in [-0.1, -0.05) is 18.2 Å². The number of carbonyl (C=O) groups is 1. The van der Waals surface area contributed by atoms with Crippen molar-refractivity contribution >= 4 is 17.6 Å². The van der Waals surface area contributed by atoms with Crippen LogP contribution < -0.4 is 0 Å². The molecule has 0 aliphatic carbocycles. The number of carbonyl (C=O) groups excluding carboxylic acids is 1. The van der Waals surface area contributed by atoms with Gasteiger partial charge in [0.15, 0.2) is 0 Å². The van der Waals surface area contributed by atoms with Gasteiger partial charge in [-0.25, -0.2) is 0 Å². The molecule has 0 radical (unpaired) electrons. The van der Waals surface area contributed by atoms with E-state index in [0.717, 1.165) is 18.4 Å². The molecule has 1 aromatic rings. The van der Waals surface area contributed by atoms with Gasteiger partial charge in [0, 0.05) is 5.88 Å².